The Morgan fingerprint density at radius 3 is 2.86 bits per heavy atom. The summed E-state index contributed by atoms with van der Waals surface area (Å²) < 4.78 is 2.50. The normalized spacial score (nSPS) is 13.1. The van der Waals surface area contributed by atoms with Crippen LogP contribution in [0.5, 0.6) is 0 Å². The summed E-state index contributed by atoms with van der Waals surface area (Å²) in [6.07, 6.45) is 3.69. The average molecular weight is 228 g/mol. The lowest BCUT2D eigenvalue weighted by molar-refractivity contribution is 0.765. The second kappa shape index (κ2) is 3.73. The lowest BCUT2D eigenvalue weighted by atomic mass is 10.1. The number of hydrogen-bond acceptors (Lipinski definition) is 3. The van der Waals surface area contributed by atoms with Gasteiger partial charge in [0.25, 0.3) is 0 Å². The summed E-state index contributed by atoms with van der Waals surface area (Å²) in [5.74, 6) is 0. The lowest BCUT2D eigenvalue weighted by Crippen LogP contribution is -2.09. The van der Waals surface area contributed by atoms with Crippen LogP contribution in [0.25, 0.3) is 0 Å². The molecule has 2 N–H and O–H groups in total. The van der Waals surface area contributed by atoms with Gasteiger partial charge < -0.3 is 5.73 Å². The number of aromatic nitrogens is 2. The minimum atomic E-state index is -0.132. The molecule has 2 aromatic heterocycles. The van der Waals surface area contributed by atoms with E-state index in [-0.39, 0.29) is 6.04 Å². The number of rotatable bonds is 2. The molecule has 0 amide bonds. The van der Waals surface area contributed by atoms with Gasteiger partial charge in [0.15, 0.2) is 0 Å². The highest BCUT2D eigenvalue weighted by molar-refractivity contribution is 7.14. The Labute approximate surface area is 91.1 Å². The quantitative estimate of drug-likeness (QED) is 0.855. The highest BCUT2D eigenvalue weighted by Gasteiger charge is 2.11. The van der Waals surface area contributed by atoms with Crippen molar-refractivity contribution in [1.82, 2.24) is 9.78 Å². The van der Waals surface area contributed by atoms with E-state index in [4.69, 9.17) is 17.3 Å². The summed E-state index contributed by atoms with van der Waals surface area (Å²) in [5.41, 5.74) is 8.07. The summed E-state index contributed by atoms with van der Waals surface area (Å²) >= 11 is 7.33. The Bertz CT molecular complexity index is 394. The van der Waals surface area contributed by atoms with Crippen LogP contribution in [0.3, 0.4) is 0 Å². The first kappa shape index (κ1) is 9.71. The molecule has 0 aliphatic carbocycles. The molecular weight excluding hydrogens is 218 g/mol. The second-order valence-corrected chi connectivity index (χ2v) is 4.65. The van der Waals surface area contributed by atoms with Crippen molar-refractivity contribution in [2.24, 2.45) is 12.8 Å². The van der Waals surface area contributed by atoms with Gasteiger partial charge in [-0.25, -0.2) is 0 Å². The number of thiophene rings is 1. The van der Waals surface area contributed by atoms with Crippen LogP contribution in [0, 0.1) is 0 Å². The van der Waals surface area contributed by atoms with Gasteiger partial charge in [-0.15, -0.1) is 11.3 Å². The zero-order chi connectivity index (χ0) is 10.1. The maximum absolute atomic E-state index is 6.04. The standard InChI is InChI=1S/C9H10ClN3S/c1-13-4-7(3-12-13)9(11)6-2-8(10)14-5-6/h2-5,9H,11H2,1H3. The fourth-order valence-corrected chi connectivity index (χ4v) is 2.21. The molecule has 2 rings (SSSR count). The number of aryl methyl sites for hydroxylation is 1. The number of nitrogens with zero attached hydrogens (tertiary/aromatic N) is 2. The summed E-state index contributed by atoms with van der Waals surface area (Å²) in [6.45, 7) is 0. The molecule has 0 aromatic carbocycles. The summed E-state index contributed by atoms with van der Waals surface area (Å²) in [6, 6.07) is 1.76. The van der Waals surface area contributed by atoms with Crippen LogP contribution < -0.4 is 5.73 Å². The van der Waals surface area contributed by atoms with E-state index in [0.29, 0.717) is 0 Å². The van der Waals surface area contributed by atoms with Gasteiger partial charge in [0.2, 0.25) is 0 Å². The van der Waals surface area contributed by atoms with Crippen molar-refractivity contribution in [1.29, 1.82) is 0 Å². The fourth-order valence-electron chi connectivity index (χ4n) is 1.28. The summed E-state index contributed by atoms with van der Waals surface area (Å²) in [4.78, 5) is 0. The van der Waals surface area contributed by atoms with Crippen molar-refractivity contribution in [2.45, 2.75) is 6.04 Å². The molecule has 5 heteroatoms. The number of hydrogen-bond donors (Lipinski definition) is 1. The topological polar surface area (TPSA) is 43.8 Å². The third-order valence-electron chi connectivity index (χ3n) is 2.03. The van der Waals surface area contributed by atoms with E-state index in [1.54, 1.807) is 10.9 Å². The minimum absolute atomic E-state index is 0.132. The molecule has 2 heterocycles. The van der Waals surface area contributed by atoms with Crippen molar-refractivity contribution < 1.29 is 0 Å². The minimum Gasteiger partial charge on any atom is -0.320 e. The third kappa shape index (κ3) is 1.82. The maximum atomic E-state index is 6.04. The Kier molecular flexibility index (Phi) is 2.58. The largest absolute Gasteiger partial charge is 0.320 e. The number of halogens is 1. The van der Waals surface area contributed by atoms with Gasteiger partial charge in [-0.05, 0) is 17.0 Å². The Morgan fingerprint density at radius 1 is 1.57 bits per heavy atom. The van der Waals surface area contributed by atoms with Gasteiger partial charge in [0.1, 0.15) is 0 Å². The molecule has 0 saturated carbocycles. The van der Waals surface area contributed by atoms with E-state index < -0.39 is 0 Å². The van der Waals surface area contributed by atoms with E-state index in [2.05, 4.69) is 5.10 Å². The van der Waals surface area contributed by atoms with Gasteiger partial charge >= 0.3 is 0 Å². The highest BCUT2D eigenvalue weighted by Crippen LogP contribution is 2.27. The van der Waals surface area contributed by atoms with Crippen molar-refractivity contribution >= 4 is 22.9 Å². The fraction of sp³-hybridized carbons (Fsp3) is 0.222. The van der Waals surface area contributed by atoms with Gasteiger partial charge in [0, 0.05) is 18.8 Å². The predicted octanol–water partition coefficient (Wildman–Crippen LogP) is 2.18. The van der Waals surface area contributed by atoms with Crippen LogP contribution in [-0.2, 0) is 7.05 Å². The van der Waals surface area contributed by atoms with E-state index in [1.165, 1.54) is 11.3 Å². The van der Waals surface area contributed by atoms with Crippen LogP contribution in [0.15, 0.2) is 23.8 Å². The lowest BCUT2D eigenvalue weighted by Gasteiger charge is -2.05. The van der Waals surface area contributed by atoms with E-state index in [1.807, 2.05) is 24.7 Å². The van der Waals surface area contributed by atoms with Crippen molar-refractivity contribution in [3.8, 4) is 0 Å². The van der Waals surface area contributed by atoms with E-state index in [0.717, 1.165) is 15.5 Å². The van der Waals surface area contributed by atoms with Gasteiger partial charge in [-0.3, -0.25) is 4.68 Å². The Balaban J connectivity index is 2.28. The molecule has 74 valence electrons. The molecule has 0 fully saturated rings. The molecule has 1 atom stereocenters. The average Bonchev–Trinajstić information content (AvgIpc) is 2.73. The first-order valence-corrected chi connectivity index (χ1v) is 5.40. The second-order valence-electron chi connectivity index (χ2n) is 3.11. The maximum Gasteiger partial charge on any atom is 0.0931 e. The molecule has 0 bridgehead atoms. The first-order chi connectivity index (χ1) is 6.66. The number of nitrogens with two attached hydrogens (primary N) is 1. The monoisotopic (exact) mass is 227 g/mol. The zero-order valence-electron chi connectivity index (χ0n) is 7.64. The Hall–Kier alpha value is -0.840. The molecule has 1 unspecified atom stereocenters. The van der Waals surface area contributed by atoms with E-state index >= 15 is 0 Å². The van der Waals surface area contributed by atoms with Crippen LogP contribution in [0.1, 0.15) is 17.2 Å². The van der Waals surface area contributed by atoms with Gasteiger partial charge in [0.05, 0.1) is 16.6 Å². The highest BCUT2D eigenvalue weighted by atomic mass is 35.5. The predicted molar refractivity (Wildman–Crippen MR) is 58.6 cm³/mol. The van der Waals surface area contributed by atoms with Crippen LogP contribution in [0.2, 0.25) is 4.34 Å². The van der Waals surface area contributed by atoms with Crippen LogP contribution >= 0.6 is 22.9 Å². The van der Waals surface area contributed by atoms with Crippen LogP contribution in [-0.4, -0.2) is 9.78 Å². The molecule has 0 radical (unpaired) electrons. The SMILES string of the molecule is Cn1cc(C(N)c2csc(Cl)c2)cn1. The summed E-state index contributed by atoms with van der Waals surface area (Å²) in [5, 5.41) is 6.05. The van der Waals surface area contributed by atoms with Gasteiger partial charge in [-0.1, -0.05) is 11.6 Å². The van der Waals surface area contributed by atoms with Crippen molar-refractivity contribution in [2.75, 3.05) is 0 Å². The molecule has 2 aromatic rings. The molecule has 0 aliphatic heterocycles. The van der Waals surface area contributed by atoms with Crippen LogP contribution in [0.4, 0.5) is 0 Å². The molecule has 14 heavy (non-hydrogen) atoms. The molecule has 0 aliphatic rings. The zero-order valence-corrected chi connectivity index (χ0v) is 9.22. The molecular formula is C9H10ClN3S. The first-order valence-electron chi connectivity index (χ1n) is 4.15. The molecule has 0 spiro atoms. The smallest absolute Gasteiger partial charge is 0.0931 e. The van der Waals surface area contributed by atoms with E-state index in [9.17, 15) is 0 Å². The Morgan fingerprint density at radius 2 is 2.36 bits per heavy atom. The summed E-state index contributed by atoms with van der Waals surface area (Å²) in [7, 11) is 1.87. The molecule has 0 saturated heterocycles. The van der Waals surface area contributed by atoms with Crippen molar-refractivity contribution in [3.05, 3.63) is 39.3 Å². The third-order valence-corrected chi connectivity index (χ3v) is 3.14. The van der Waals surface area contributed by atoms with Crippen molar-refractivity contribution in [3.63, 3.8) is 0 Å². The molecule has 3 nitrogen and oxygen atoms in total. The van der Waals surface area contributed by atoms with Gasteiger partial charge in [-0.2, -0.15) is 5.10 Å².